The van der Waals surface area contributed by atoms with Crippen molar-refractivity contribution in [3.63, 3.8) is 0 Å². The third-order valence-corrected chi connectivity index (χ3v) is 4.40. The van der Waals surface area contributed by atoms with Crippen LogP contribution in [0.15, 0.2) is 18.2 Å². The summed E-state index contributed by atoms with van der Waals surface area (Å²) in [6.45, 7) is 4.17. The van der Waals surface area contributed by atoms with Crippen LogP contribution in [-0.2, 0) is 9.47 Å². The molecule has 124 valence electrons. The lowest BCUT2D eigenvalue weighted by atomic mass is 10.1. The fraction of sp³-hybridized carbons (Fsp3) is 0.529. The Morgan fingerprint density at radius 3 is 2.43 bits per heavy atom. The summed E-state index contributed by atoms with van der Waals surface area (Å²) >= 11 is 0. The number of nitrogens with zero attached hydrogens (tertiary/aromatic N) is 2. The molecule has 6 heteroatoms. The Hall–Kier alpha value is -2.08. The molecule has 0 bridgehead atoms. The van der Waals surface area contributed by atoms with Crippen molar-refractivity contribution >= 4 is 17.6 Å². The second-order valence-corrected chi connectivity index (χ2v) is 5.82. The zero-order valence-electron chi connectivity index (χ0n) is 13.4. The molecule has 0 saturated carbocycles. The van der Waals surface area contributed by atoms with Gasteiger partial charge < -0.3 is 19.3 Å². The average molecular weight is 318 g/mol. The van der Waals surface area contributed by atoms with Crippen molar-refractivity contribution in [2.24, 2.45) is 0 Å². The molecule has 0 atom stereocenters. The monoisotopic (exact) mass is 318 g/mol. The van der Waals surface area contributed by atoms with Crippen LogP contribution in [0.4, 0.5) is 5.69 Å². The minimum Gasteiger partial charge on any atom is -0.465 e. The van der Waals surface area contributed by atoms with E-state index in [-0.39, 0.29) is 11.9 Å². The summed E-state index contributed by atoms with van der Waals surface area (Å²) in [5.74, 6) is -0.373. The fourth-order valence-electron chi connectivity index (χ4n) is 3.12. The summed E-state index contributed by atoms with van der Waals surface area (Å²) in [5.41, 5.74) is 1.93. The number of methoxy groups -OCH3 is 1. The lowest BCUT2D eigenvalue weighted by Crippen LogP contribution is -2.40. The largest absolute Gasteiger partial charge is 0.465 e. The predicted molar refractivity (Wildman–Crippen MR) is 86.0 cm³/mol. The number of esters is 1. The lowest BCUT2D eigenvalue weighted by molar-refractivity contribution is 0.0302. The smallest absolute Gasteiger partial charge is 0.339 e. The Labute approximate surface area is 136 Å². The molecule has 2 fully saturated rings. The van der Waals surface area contributed by atoms with E-state index in [0.29, 0.717) is 37.4 Å². The van der Waals surface area contributed by atoms with Crippen molar-refractivity contribution in [2.75, 3.05) is 51.4 Å². The van der Waals surface area contributed by atoms with Gasteiger partial charge in [-0.2, -0.15) is 0 Å². The highest BCUT2D eigenvalue weighted by atomic mass is 16.5. The number of ether oxygens (including phenoxy) is 2. The summed E-state index contributed by atoms with van der Waals surface area (Å²) in [7, 11) is 1.38. The maximum atomic E-state index is 12.7. The molecule has 0 spiro atoms. The normalized spacial score (nSPS) is 18.1. The van der Waals surface area contributed by atoms with Crippen molar-refractivity contribution in [2.45, 2.75) is 12.8 Å². The highest BCUT2D eigenvalue weighted by molar-refractivity contribution is 6.00. The van der Waals surface area contributed by atoms with Crippen molar-refractivity contribution in [3.8, 4) is 0 Å². The number of carbonyl (C=O) groups is 2. The molecule has 2 aliphatic heterocycles. The number of morpholine rings is 1. The fourth-order valence-corrected chi connectivity index (χ4v) is 3.12. The van der Waals surface area contributed by atoms with Crippen LogP contribution >= 0.6 is 0 Å². The third kappa shape index (κ3) is 3.32. The van der Waals surface area contributed by atoms with E-state index in [1.807, 2.05) is 6.07 Å². The summed E-state index contributed by atoms with van der Waals surface area (Å²) < 4.78 is 10.2. The molecule has 1 aromatic carbocycles. The van der Waals surface area contributed by atoms with E-state index in [0.717, 1.165) is 31.6 Å². The van der Waals surface area contributed by atoms with Gasteiger partial charge in [-0.05, 0) is 31.0 Å². The van der Waals surface area contributed by atoms with Gasteiger partial charge in [0.2, 0.25) is 0 Å². The highest BCUT2D eigenvalue weighted by Crippen LogP contribution is 2.27. The van der Waals surface area contributed by atoms with Gasteiger partial charge in [-0.3, -0.25) is 4.79 Å². The van der Waals surface area contributed by atoms with Crippen LogP contribution in [0.3, 0.4) is 0 Å². The van der Waals surface area contributed by atoms with Gasteiger partial charge in [0.25, 0.3) is 5.91 Å². The van der Waals surface area contributed by atoms with Crippen molar-refractivity contribution in [3.05, 3.63) is 29.3 Å². The van der Waals surface area contributed by atoms with Crippen molar-refractivity contribution in [1.82, 2.24) is 4.90 Å². The molecule has 2 saturated heterocycles. The number of hydrogen-bond acceptors (Lipinski definition) is 5. The van der Waals surface area contributed by atoms with E-state index in [4.69, 9.17) is 9.47 Å². The number of amides is 1. The first-order valence-corrected chi connectivity index (χ1v) is 8.05. The summed E-state index contributed by atoms with van der Waals surface area (Å²) in [6, 6.07) is 5.24. The van der Waals surface area contributed by atoms with Gasteiger partial charge in [-0.25, -0.2) is 4.79 Å². The van der Waals surface area contributed by atoms with Gasteiger partial charge >= 0.3 is 5.97 Å². The first-order valence-electron chi connectivity index (χ1n) is 8.05. The van der Waals surface area contributed by atoms with Crippen LogP contribution in [-0.4, -0.2) is 63.3 Å². The molecule has 1 amide bonds. The van der Waals surface area contributed by atoms with E-state index >= 15 is 0 Å². The second kappa shape index (κ2) is 7.00. The predicted octanol–water partition coefficient (Wildman–Crippen LogP) is 1.55. The molecular formula is C17H22N2O4. The minimum atomic E-state index is -0.364. The first-order chi connectivity index (χ1) is 11.2. The topological polar surface area (TPSA) is 59.1 Å². The van der Waals surface area contributed by atoms with Gasteiger partial charge in [0.15, 0.2) is 0 Å². The standard InChI is InChI=1S/C17H22N2O4/c1-22-17(21)14-5-4-13(12-15(14)18-6-2-3-7-18)16(20)19-8-10-23-11-9-19/h4-5,12H,2-3,6-11H2,1H3. The maximum absolute atomic E-state index is 12.7. The van der Waals surface area contributed by atoms with Gasteiger partial charge in [0.1, 0.15) is 0 Å². The maximum Gasteiger partial charge on any atom is 0.339 e. The number of carbonyl (C=O) groups excluding carboxylic acids is 2. The van der Waals surface area contributed by atoms with Crippen LogP contribution in [0.2, 0.25) is 0 Å². The Bertz CT molecular complexity index is 590. The zero-order chi connectivity index (χ0) is 16.2. The zero-order valence-corrected chi connectivity index (χ0v) is 13.4. The van der Waals surface area contributed by atoms with E-state index < -0.39 is 0 Å². The Morgan fingerprint density at radius 2 is 1.78 bits per heavy atom. The first kappa shape index (κ1) is 15.8. The molecule has 6 nitrogen and oxygen atoms in total. The number of rotatable bonds is 3. The molecule has 23 heavy (non-hydrogen) atoms. The molecule has 1 aromatic rings. The Morgan fingerprint density at radius 1 is 1.09 bits per heavy atom. The van der Waals surface area contributed by atoms with Gasteiger partial charge in [-0.15, -0.1) is 0 Å². The summed E-state index contributed by atoms with van der Waals surface area (Å²) in [4.78, 5) is 28.6. The molecule has 0 aromatic heterocycles. The van der Waals surface area contributed by atoms with Crippen LogP contribution < -0.4 is 4.90 Å². The molecule has 0 radical (unpaired) electrons. The molecule has 3 rings (SSSR count). The SMILES string of the molecule is COC(=O)c1ccc(C(=O)N2CCOCC2)cc1N1CCCC1. The number of anilines is 1. The average Bonchev–Trinajstić information content (AvgIpc) is 3.15. The molecule has 0 N–H and O–H groups in total. The van der Waals surface area contributed by atoms with E-state index in [2.05, 4.69) is 4.90 Å². The highest BCUT2D eigenvalue weighted by Gasteiger charge is 2.24. The minimum absolute atomic E-state index is 0.00911. The van der Waals surface area contributed by atoms with Crippen LogP contribution in [0, 0.1) is 0 Å². The molecule has 0 unspecified atom stereocenters. The van der Waals surface area contributed by atoms with E-state index in [1.165, 1.54) is 7.11 Å². The molecule has 2 heterocycles. The van der Waals surface area contributed by atoms with E-state index in [9.17, 15) is 9.59 Å². The van der Waals surface area contributed by atoms with Gasteiger partial charge in [0, 0.05) is 31.7 Å². The van der Waals surface area contributed by atoms with Crippen molar-refractivity contribution < 1.29 is 19.1 Å². The molecular weight excluding hydrogens is 296 g/mol. The number of benzene rings is 1. The van der Waals surface area contributed by atoms with Crippen molar-refractivity contribution in [1.29, 1.82) is 0 Å². The summed E-state index contributed by atoms with van der Waals surface area (Å²) in [5, 5.41) is 0. The molecule has 2 aliphatic rings. The van der Waals surface area contributed by atoms with Crippen LogP contribution in [0.1, 0.15) is 33.6 Å². The van der Waals surface area contributed by atoms with Crippen LogP contribution in [0.25, 0.3) is 0 Å². The second-order valence-electron chi connectivity index (χ2n) is 5.82. The lowest BCUT2D eigenvalue weighted by Gasteiger charge is -2.28. The summed E-state index contributed by atoms with van der Waals surface area (Å²) in [6.07, 6.45) is 2.20. The molecule has 0 aliphatic carbocycles. The third-order valence-electron chi connectivity index (χ3n) is 4.40. The Kier molecular flexibility index (Phi) is 4.81. The van der Waals surface area contributed by atoms with E-state index in [1.54, 1.807) is 17.0 Å². The Balaban J connectivity index is 1.90. The quantitative estimate of drug-likeness (QED) is 0.791. The van der Waals surface area contributed by atoms with Gasteiger partial charge in [-0.1, -0.05) is 0 Å². The number of hydrogen-bond donors (Lipinski definition) is 0. The van der Waals surface area contributed by atoms with Gasteiger partial charge in [0.05, 0.1) is 31.6 Å². The van der Waals surface area contributed by atoms with Crippen LogP contribution in [0.5, 0.6) is 0 Å².